The third kappa shape index (κ3) is 2.12. The van der Waals surface area contributed by atoms with Crippen LogP contribution < -0.4 is 11.1 Å². The number of likely N-dealkylation sites (N-methyl/N-ethyl adjacent to an activating group) is 1. The van der Waals surface area contributed by atoms with Crippen LogP contribution in [0, 0.1) is 6.92 Å². The van der Waals surface area contributed by atoms with Gasteiger partial charge in [-0.15, -0.1) is 0 Å². The van der Waals surface area contributed by atoms with Crippen molar-refractivity contribution in [3.05, 3.63) is 35.4 Å². The number of benzene rings is 1. The van der Waals surface area contributed by atoms with Gasteiger partial charge in [-0.2, -0.15) is 0 Å². The molecule has 0 aliphatic carbocycles. The Balaban J connectivity index is 3.01. The van der Waals surface area contributed by atoms with E-state index in [9.17, 15) is 4.79 Å². The van der Waals surface area contributed by atoms with E-state index in [0.29, 0.717) is 6.54 Å². The van der Waals surface area contributed by atoms with Crippen molar-refractivity contribution in [2.75, 3.05) is 13.6 Å². The van der Waals surface area contributed by atoms with Crippen molar-refractivity contribution in [3.8, 4) is 0 Å². The van der Waals surface area contributed by atoms with Gasteiger partial charge in [0.05, 0.1) is 5.92 Å². The molecule has 0 saturated carbocycles. The second kappa shape index (κ2) is 4.77. The number of carbonyl (C=O) groups excluding carboxylic acids is 1. The first kappa shape index (κ1) is 10.7. The highest BCUT2D eigenvalue weighted by atomic mass is 16.1. The van der Waals surface area contributed by atoms with Gasteiger partial charge in [0, 0.05) is 13.6 Å². The minimum Gasteiger partial charge on any atom is -0.359 e. The molecule has 1 unspecified atom stereocenters. The summed E-state index contributed by atoms with van der Waals surface area (Å²) in [6.45, 7) is 2.32. The number of carbonyl (C=O) groups is 1. The lowest BCUT2D eigenvalue weighted by Crippen LogP contribution is -2.31. The number of aryl methyl sites for hydroxylation is 1. The van der Waals surface area contributed by atoms with Gasteiger partial charge in [0.2, 0.25) is 5.91 Å². The normalized spacial score (nSPS) is 12.2. The number of nitrogens with two attached hydrogens (primary N) is 1. The zero-order valence-electron chi connectivity index (χ0n) is 8.58. The van der Waals surface area contributed by atoms with Crippen molar-refractivity contribution in [1.29, 1.82) is 0 Å². The summed E-state index contributed by atoms with van der Waals surface area (Å²) in [5, 5.41) is 2.62. The Kier molecular flexibility index (Phi) is 3.65. The van der Waals surface area contributed by atoms with Crippen LogP contribution in [0.3, 0.4) is 0 Å². The fourth-order valence-electron chi connectivity index (χ4n) is 1.53. The molecule has 0 bridgehead atoms. The van der Waals surface area contributed by atoms with Gasteiger partial charge >= 0.3 is 0 Å². The molecule has 0 saturated heterocycles. The highest BCUT2D eigenvalue weighted by Crippen LogP contribution is 2.18. The molecular weight excluding hydrogens is 176 g/mol. The van der Waals surface area contributed by atoms with E-state index in [2.05, 4.69) is 5.32 Å². The molecule has 14 heavy (non-hydrogen) atoms. The summed E-state index contributed by atoms with van der Waals surface area (Å²) in [5.74, 6) is -0.261. The molecule has 0 aliphatic rings. The maximum atomic E-state index is 11.5. The van der Waals surface area contributed by atoms with Gasteiger partial charge in [-0.3, -0.25) is 4.79 Å². The Morgan fingerprint density at radius 3 is 2.64 bits per heavy atom. The SMILES string of the molecule is CNC(=O)C(CN)c1ccccc1C. The zero-order chi connectivity index (χ0) is 10.6. The van der Waals surface area contributed by atoms with Gasteiger partial charge in [0.1, 0.15) is 0 Å². The van der Waals surface area contributed by atoms with Crippen LogP contribution in [0.25, 0.3) is 0 Å². The predicted octanol–water partition coefficient (Wildman–Crippen LogP) is 0.783. The summed E-state index contributed by atoms with van der Waals surface area (Å²) in [4.78, 5) is 11.5. The van der Waals surface area contributed by atoms with E-state index in [4.69, 9.17) is 5.73 Å². The van der Waals surface area contributed by atoms with Crippen molar-refractivity contribution < 1.29 is 4.79 Å². The molecule has 0 aromatic heterocycles. The monoisotopic (exact) mass is 192 g/mol. The van der Waals surface area contributed by atoms with Gasteiger partial charge in [-0.1, -0.05) is 24.3 Å². The lowest BCUT2D eigenvalue weighted by Gasteiger charge is -2.15. The smallest absolute Gasteiger partial charge is 0.228 e. The summed E-state index contributed by atoms with van der Waals surface area (Å²) >= 11 is 0. The van der Waals surface area contributed by atoms with Crippen LogP contribution >= 0.6 is 0 Å². The molecule has 3 nitrogen and oxygen atoms in total. The van der Waals surface area contributed by atoms with Crippen molar-refractivity contribution >= 4 is 5.91 Å². The predicted molar refractivity (Wildman–Crippen MR) is 57.0 cm³/mol. The first-order valence-electron chi connectivity index (χ1n) is 4.68. The van der Waals surface area contributed by atoms with E-state index in [1.165, 1.54) is 0 Å². The molecule has 3 N–H and O–H groups in total. The highest BCUT2D eigenvalue weighted by molar-refractivity contribution is 5.84. The molecule has 0 fully saturated rings. The quantitative estimate of drug-likeness (QED) is 0.743. The number of nitrogens with one attached hydrogen (secondary N) is 1. The van der Waals surface area contributed by atoms with E-state index in [-0.39, 0.29) is 11.8 Å². The third-order valence-electron chi connectivity index (χ3n) is 2.36. The maximum Gasteiger partial charge on any atom is 0.228 e. The van der Waals surface area contributed by atoms with E-state index in [1.807, 2.05) is 31.2 Å². The van der Waals surface area contributed by atoms with Crippen LogP contribution in [0.4, 0.5) is 0 Å². The minimum atomic E-state index is -0.235. The van der Waals surface area contributed by atoms with Crippen LogP contribution in [0.2, 0.25) is 0 Å². The number of amides is 1. The molecule has 1 aromatic carbocycles. The van der Waals surface area contributed by atoms with Crippen LogP contribution in [0.15, 0.2) is 24.3 Å². The number of hydrogen-bond donors (Lipinski definition) is 2. The molecule has 0 heterocycles. The van der Waals surface area contributed by atoms with Gasteiger partial charge in [-0.25, -0.2) is 0 Å². The van der Waals surface area contributed by atoms with Gasteiger partial charge in [0.15, 0.2) is 0 Å². The second-order valence-electron chi connectivity index (χ2n) is 3.26. The van der Waals surface area contributed by atoms with E-state index in [0.717, 1.165) is 11.1 Å². The van der Waals surface area contributed by atoms with Crippen molar-refractivity contribution in [3.63, 3.8) is 0 Å². The Hall–Kier alpha value is -1.35. The Morgan fingerprint density at radius 1 is 1.50 bits per heavy atom. The Labute approximate surface area is 84.3 Å². The molecule has 76 valence electrons. The van der Waals surface area contributed by atoms with Crippen LogP contribution in [0.1, 0.15) is 17.0 Å². The average Bonchev–Trinajstić information content (AvgIpc) is 2.21. The van der Waals surface area contributed by atoms with Crippen LogP contribution in [-0.2, 0) is 4.79 Å². The fraction of sp³-hybridized carbons (Fsp3) is 0.364. The van der Waals surface area contributed by atoms with Crippen molar-refractivity contribution in [1.82, 2.24) is 5.32 Å². The number of rotatable bonds is 3. The lowest BCUT2D eigenvalue weighted by molar-refractivity contribution is -0.121. The topological polar surface area (TPSA) is 55.1 Å². The zero-order valence-corrected chi connectivity index (χ0v) is 8.58. The molecule has 1 rings (SSSR count). The summed E-state index contributed by atoms with van der Waals surface area (Å²) in [6.07, 6.45) is 0. The number of hydrogen-bond acceptors (Lipinski definition) is 2. The van der Waals surface area contributed by atoms with Crippen LogP contribution in [-0.4, -0.2) is 19.5 Å². The Morgan fingerprint density at radius 2 is 2.14 bits per heavy atom. The summed E-state index contributed by atoms with van der Waals surface area (Å²) < 4.78 is 0. The molecule has 1 atom stereocenters. The molecule has 0 spiro atoms. The van der Waals surface area contributed by atoms with Gasteiger partial charge in [-0.05, 0) is 18.1 Å². The molecule has 0 aliphatic heterocycles. The highest BCUT2D eigenvalue weighted by Gasteiger charge is 2.18. The van der Waals surface area contributed by atoms with E-state index < -0.39 is 0 Å². The fourth-order valence-corrected chi connectivity index (χ4v) is 1.53. The average molecular weight is 192 g/mol. The van der Waals surface area contributed by atoms with Gasteiger partial charge in [0.25, 0.3) is 0 Å². The molecule has 1 aromatic rings. The summed E-state index contributed by atoms with van der Waals surface area (Å²) in [5.41, 5.74) is 7.70. The van der Waals surface area contributed by atoms with E-state index >= 15 is 0 Å². The third-order valence-corrected chi connectivity index (χ3v) is 2.36. The molecule has 1 amide bonds. The minimum absolute atomic E-state index is 0.0261. The van der Waals surface area contributed by atoms with Gasteiger partial charge < -0.3 is 11.1 Å². The van der Waals surface area contributed by atoms with Crippen LogP contribution in [0.5, 0.6) is 0 Å². The summed E-state index contributed by atoms with van der Waals surface area (Å²) in [6, 6.07) is 7.81. The first-order chi connectivity index (χ1) is 6.70. The molecule has 3 heteroatoms. The van der Waals surface area contributed by atoms with E-state index in [1.54, 1.807) is 7.05 Å². The van der Waals surface area contributed by atoms with Crippen molar-refractivity contribution in [2.45, 2.75) is 12.8 Å². The molecule has 0 radical (unpaired) electrons. The Bertz CT molecular complexity index is 323. The van der Waals surface area contributed by atoms with Crippen molar-refractivity contribution in [2.24, 2.45) is 5.73 Å². The maximum absolute atomic E-state index is 11.5. The largest absolute Gasteiger partial charge is 0.359 e. The molecular formula is C11H16N2O. The first-order valence-corrected chi connectivity index (χ1v) is 4.68. The summed E-state index contributed by atoms with van der Waals surface area (Å²) in [7, 11) is 1.63. The lowest BCUT2D eigenvalue weighted by atomic mass is 9.94. The standard InChI is InChI=1S/C11H16N2O/c1-8-5-3-4-6-9(8)10(7-12)11(14)13-2/h3-6,10H,7,12H2,1-2H3,(H,13,14). The second-order valence-corrected chi connectivity index (χ2v) is 3.26.